The van der Waals surface area contributed by atoms with Gasteiger partial charge in [0.05, 0.1) is 24.2 Å². The monoisotopic (exact) mass is 267 g/mol. The van der Waals surface area contributed by atoms with E-state index >= 15 is 0 Å². The average Bonchev–Trinajstić information content (AvgIpc) is 2.73. The lowest BCUT2D eigenvalue weighted by Gasteiger charge is -2.25. The molecular formula is C11H13N3O5. The van der Waals surface area contributed by atoms with Gasteiger partial charge in [-0.2, -0.15) is 0 Å². The number of nitro groups is 1. The van der Waals surface area contributed by atoms with Crippen LogP contribution in [0, 0.1) is 15.5 Å². The number of carboxylic acid groups (broad SMARTS) is 1. The number of nitrogens with one attached hydrogen (secondary N) is 1. The summed E-state index contributed by atoms with van der Waals surface area (Å²) in [6.45, 7) is 1.76. The van der Waals surface area contributed by atoms with Crippen molar-refractivity contribution in [3.63, 3.8) is 0 Å². The first-order valence-electron chi connectivity index (χ1n) is 5.62. The van der Waals surface area contributed by atoms with Crippen molar-refractivity contribution in [2.45, 2.75) is 13.0 Å². The second-order valence-electron chi connectivity index (χ2n) is 4.56. The number of anilines is 1. The van der Waals surface area contributed by atoms with Gasteiger partial charge in [0.25, 0.3) is 0 Å². The molecule has 1 saturated heterocycles. The number of nitrogens with zero attached hydrogens (tertiary/aromatic N) is 2. The van der Waals surface area contributed by atoms with E-state index in [0.717, 1.165) is 0 Å². The number of carboxylic acids is 1. The van der Waals surface area contributed by atoms with E-state index in [-0.39, 0.29) is 24.7 Å². The van der Waals surface area contributed by atoms with Crippen LogP contribution in [-0.2, 0) is 9.53 Å². The summed E-state index contributed by atoms with van der Waals surface area (Å²) in [6.07, 6.45) is 1.41. The highest BCUT2D eigenvalue weighted by molar-refractivity contribution is 5.77. The molecule has 1 aromatic heterocycles. The van der Waals surface area contributed by atoms with Gasteiger partial charge in [0.15, 0.2) is 0 Å². The van der Waals surface area contributed by atoms with Gasteiger partial charge in [-0.1, -0.05) is 0 Å². The van der Waals surface area contributed by atoms with Gasteiger partial charge < -0.3 is 15.2 Å². The van der Waals surface area contributed by atoms with Crippen molar-refractivity contribution >= 4 is 17.5 Å². The van der Waals surface area contributed by atoms with Crippen molar-refractivity contribution in [3.8, 4) is 0 Å². The van der Waals surface area contributed by atoms with Crippen LogP contribution in [0.2, 0.25) is 0 Å². The first kappa shape index (κ1) is 13.2. The number of hydrogen-bond acceptors (Lipinski definition) is 6. The Morgan fingerprint density at radius 2 is 2.47 bits per heavy atom. The van der Waals surface area contributed by atoms with Gasteiger partial charge in [-0.15, -0.1) is 0 Å². The van der Waals surface area contributed by atoms with Gasteiger partial charge in [-0.25, -0.2) is 4.98 Å². The quantitative estimate of drug-likeness (QED) is 0.614. The Morgan fingerprint density at radius 1 is 1.74 bits per heavy atom. The fourth-order valence-corrected chi connectivity index (χ4v) is 1.91. The van der Waals surface area contributed by atoms with Crippen LogP contribution in [0.25, 0.3) is 0 Å². The maximum absolute atomic E-state index is 11.3. The van der Waals surface area contributed by atoms with Gasteiger partial charge in [-0.3, -0.25) is 14.9 Å². The molecule has 2 unspecified atom stereocenters. The number of pyridine rings is 1. The van der Waals surface area contributed by atoms with Crippen LogP contribution in [0.3, 0.4) is 0 Å². The van der Waals surface area contributed by atoms with Crippen LogP contribution in [0.15, 0.2) is 18.3 Å². The van der Waals surface area contributed by atoms with E-state index in [1.54, 1.807) is 0 Å². The third-order valence-corrected chi connectivity index (χ3v) is 3.24. The zero-order valence-corrected chi connectivity index (χ0v) is 10.2. The molecule has 0 amide bonds. The molecular weight excluding hydrogens is 254 g/mol. The molecule has 1 aliphatic rings. The van der Waals surface area contributed by atoms with Crippen molar-refractivity contribution in [2.24, 2.45) is 5.41 Å². The van der Waals surface area contributed by atoms with E-state index in [1.165, 1.54) is 25.3 Å². The molecule has 0 radical (unpaired) electrons. The second kappa shape index (κ2) is 4.81. The van der Waals surface area contributed by atoms with Crippen LogP contribution in [0.5, 0.6) is 0 Å². The van der Waals surface area contributed by atoms with Crippen molar-refractivity contribution in [2.75, 3.05) is 18.5 Å². The predicted molar refractivity (Wildman–Crippen MR) is 64.9 cm³/mol. The van der Waals surface area contributed by atoms with Crippen LogP contribution in [0.1, 0.15) is 6.92 Å². The van der Waals surface area contributed by atoms with E-state index in [4.69, 9.17) is 4.74 Å². The van der Waals surface area contributed by atoms with Gasteiger partial charge in [-0.05, 0) is 13.0 Å². The number of aliphatic carboxylic acids is 1. The zero-order chi connectivity index (χ0) is 14.0. The third kappa shape index (κ3) is 2.34. The van der Waals surface area contributed by atoms with E-state index in [1.807, 2.05) is 0 Å². The number of rotatable bonds is 4. The Morgan fingerprint density at radius 3 is 3.11 bits per heavy atom. The van der Waals surface area contributed by atoms with Crippen molar-refractivity contribution < 1.29 is 19.6 Å². The molecule has 8 heteroatoms. The summed E-state index contributed by atoms with van der Waals surface area (Å²) in [5.41, 5.74) is -1.33. The van der Waals surface area contributed by atoms with Crippen LogP contribution in [0.4, 0.5) is 11.5 Å². The first-order chi connectivity index (χ1) is 8.95. The molecule has 1 aliphatic heterocycles. The Labute approximate surface area is 108 Å². The topological polar surface area (TPSA) is 115 Å². The van der Waals surface area contributed by atoms with Crippen molar-refractivity contribution in [1.29, 1.82) is 0 Å². The first-order valence-corrected chi connectivity index (χ1v) is 5.62. The van der Waals surface area contributed by atoms with Crippen LogP contribution in [-0.4, -0.2) is 40.2 Å². The fraction of sp³-hybridized carbons (Fsp3) is 0.455. The summed E-state index contributed by atoms with van der Waals surface area (Å²) < 4.78 is 5.17. The minimum absolute atomic E-state index is 0.0514. The maximum Gasteiger partial charge on any atom is 0.313 e. The molecule has 2 N–H and O–H groups in total. The molecule has 1 aromatic rings. The molecule has 0 spiro atoms. The number of ether oxygens (including phenoxy) is 1. The number of carbonyl (C=O) groups is 1. The summed E-state index contributed by atoms with van der Waals surface area (Å²) >= 11 is 0. The molecule has 0 aliphatic carbocycles. The van der Waals surface area contributed by atoms with E-state index in [9.17, 15) is 20.0 Å². The van der Waals surface area contributed by atoms with Crippen molar-refractivity contribution in [3.05, 3.63) is 28.4 Å². The van der Waals surface area contributed by atoms with Gasteiger partial charge >= 0.3 is 11.7 Å². The number of hydrogen-bond donors (Lipinski definition) is 2. The predicted octanol–water partition coefficient (Wildman–Crippen LogP) is 0.891. The summed E-state index contributed by atoms with van der Waals surface area (Å²) in [5, 5.41) is 22.9. The lowest BCUT2D eigenvalue weighted by Crippen LogP contribution is -2.43. The molecule has 8 nitrogen and oxygen atoms in total. The molecule has 2 rings (SSSR count). The van der Waals surface area contributed by atoms with Gasteiger partial charge in [0, 0.05) is 12.3 Å². The smallest absolute Gasteiger partial charge is 0.313 e. The molecule has 0 aromatic carbocycles. The Bertz CT molecular complexity index is 521. The minimum Gasteiger partial charge on any atom is -0.481 e. The van der Waals surface area contributed by atoms with Crippen LogP contribution >= 0.6 is 0 Å². The Balaban J connectivity index is 2.27. The Kier molecular flexibility index (Phi) is 3.34. The molecule has 19 heavy (non-hydrogen) atoms. The average molecular weight is 267 g/mol. The van der Waals surface area contributed by atoms with Crippen molar-refractivity contribution in [1.82, 2.24) is 4.98 Å². The fourth-order valence-electron chi connectivity index (χ4n) is 1.91. The highest BCUT2D eigenvalue weighted by Crippen LogP contribution is 2.32. The van der Waals surface area contributed by atoms with E-state index in [0.29, 0.717) is 0 Å². The van der Waals surface area contributed by atoms with E-state index < -0.39 is 22.3 Å². The lowest BCUT2D eigenvalue weighted by molar-refractivity contribution is -0.384. The van der Waals surface area contributed by atoms with Crippen LogP contribution < -0.4 is 5.32 Å². The summed E-state index contributed by atoms with van der Waals surface area (Å²) in [7, 11) is 0. The normalized spacial score (nSPS) is 26.1. The maximum atomic E-state index is 11.3. The van der Waals surface area contributed by atoms with Gasteiger partial charge in [0.2, 0.25) is 5.82 Å². The number of aromatic nitrogens is 1. The zero-order valence-electron chi connectivity index (χ0n) is 10.2. The molecule has 102 valence electrons. The standard InChI is InChI=1S/C11H13N3O5/c1-11(10(15)16)6-19-5-8(11)13-9-7(14(17)18)3-2-4-12-9/h2-4,8H,5-6H2,1H3,(H,12,13)(H,15,16). The van der Waals surface area contributed by atoms with E-state index in [2.05, 4.69) is 10.3 Å². The highest BCUT2D eigenvalue weighted by atomic mass is 16.6. The third-order valence-electron chi connectivity index (χ3n) is 3.24. The Hall–Kier alpha value is -2.22. The SMILES string of the molecule is CC1(C(=O)O)COCC1Nc1ncccc1[N+](=O)[O-]. The summed E-state index contributed by atoms with van der Waals surface area (Å²) in [6, 6.07) is 2.19. The minimum atomic E-state index is -1.13. The molecule has 1 fully saturated rings. The molecule has 0 bridgehead atoms. The molecule has 2 heterocycles. The summed E-state index contributed by atoms with van der Waals surface area (Å²) in [5.74, 6) is -0.962. The molecule has 0 saturated carbocycles. The second-order valence-corrected chi connectivity index (χ2v) is 4.56. The summed E-state index contributed by atoms with van der Waals surface area (Å²) in [4.78, 5) is 25.5. The molecule has 2 atom stereocenters. The lowest BCUT2D eigenvalue weighted by atomic mass is 9.85. The van der Waals surface area contributed by atoms with Gasteiger partial charge in [0.1, 0.15) is 5.41 Å². The largest absolute Gasteiger partial charge is 0.481 e. The highest BCUT2D eigenvalue weighted by Gasteiger charge is 2.47.